The van der Waals surface area contributed by atoms with Crippen LogP contribution in [0.25, 0.3) is 0 Å². The third-order valence-corrected chi connectivity index (χ3v) is 6.81. The van der Waals surface area contributed by atoms with Crippen molar-refractivity contribution in [1.82, 2.24) is 14.7 Å². The minimum Gasteiger partial charge on any atom is -0.488 e. The first-order valence-electron chi connectivity index (χ1n) is 11.6. The number of piperazine rings is 1. The van der Waals surface area contributed by atoms with Crippen molar-refractivity contribution in [2.24, 2.45) is 5.92 Å². The monoisotopic (exact) mass is 421 g/mol. The van der Waals surface area contributed by atoms with Crippen LogP contribution in [0.2, 0.25) is 0 Å². The van der Waals surface area contributed by atoms with Crippen LogP contribution >= 0.6 is 0 Å². The number of carbonyl (C=O) groups excluding carboxylic acids is 1. The number of para-hydroxylation sites is 1. The lowest BCUT2D eigenvalue weighted by atomic mass is 9.83. The summed E-state index contributed by atoms with van der Waals surface area (Å²) >= 11 is 0. The molecule has 3 unspecified atom stereocenters. The van der Waals surface area contributed by atoms with Crippen LogP contribution in [-0.4, -0.2) is 72.5 Å². The van der Waals surface area contributed by atoms with Gasteiger partial charge in [0.2, 0.25) is 6.41 Å². The summed E-state index contributed by atoms with van der Waals surface area (Å²) in [4.78, 5) is 19.1. The third-order valence-electron chi connectivity index (χ3n) is 6.81. The highest BCUT2D eigenvalue weighted by Crippen LogP contribution is 2.37. The second kappa shape index (κ2) is 10.3. The Balaban J connectivity index is 1.56. The molecule has 2 fully saturated rings. The molecule has 0 aliphatic carbocycles. The highest BCUT2D eigenvalue weighted by molar-refractivity contribution is 5.50. The Morgan fingerprint density at radius 3 is 2.19 bits per heavy atom. The first-order chi connectivity index (χ1) is 15.2. The van der Waals surface area contributed by atoms with Gasteiger partial charge in [-0.05, 0) is 38.0 Å². The van der Waals surface area contributed by atoms with Gasteiger partial charge in [-0.1, -0.05) is 48.5 Å². The summed E-state index contributed by atoms with van der Waals surface area (Å²) in [5, 5.41) is 0. The van der Waals surface area contributed by atoms with E-state index in [2.05, 4.69) is 35.8 Å². The molecule has 1 amide bonds. The van der Waals surface area contributed by atoms with Gasteiger partial charge in [-0.3, -0.25) is 9.69 Å². The molecule has 0 bridgehead atoms. The lowest BCUT2D eigenvalue weighted by Gasteiger charge is -2.46. The minimum atomic E-state index is -0.0770. The number of amides is 1. The summed E-state index contributed by atoms with van der Waals surface area (Å²) in [6, 6.07) is 20.9. The van der Waals surface area contributed by atoms with Crippen molar-refractivity contribution in [3.8, 4) is 5.75 Å². The first-order valence-corrected chi connectivity index (χ1v) is 11.6. The van der Waals surface area contributed by atoms with Gasteiger partial charge < -0.3 is 14.5 Å². The second-order valence-electron chi connectivity index (χ2n) is 9.07. The Morgan fingerprint density at radius 1 is 0.935 bits per heavy atom. The van der Waals surface area contributed by atoms with Crippen LogP contribution in [0, 0.1) is 5.92 Å². The van der Waals surface area contributed by atoms with Crippen LogP contribution in [0.3, 0.4) is 0 Å². The lowest BCUT2D eigenvalue weighted by molar-refractivity contribution is -0.127. The molecule has 31 heavy (non-hydrogen) atoms. The number of ether oxygens (including phenoxy) is 1. The number of carbonyl (C=O) groups is 1. The Bertz CT molecular complexity index is 806. The van der Waals surface area contributed by atoms with E-state index in [0.717, 1.165) is 63.4 Å². The molecule has 166 valence electrons. The van der Waals surface area contributed by atoms with Gasteiger partial charge in [0.05, 0.1) is 6.04 Å². The molecule has 0 saturated carbocycles. The average Bonchev–Trinajstić information content (AvgIpc) is 2.81. The molecule has 2 aliphatic rings. The summed E-state index contributed by atoms with van der Waals surface area (Å²) in [5.41, 5.74) is 1.14. The van der Waals surface area contributed by atoms with Crippen LogP contribution in [-0.2, 0) is 4.79 Å². The SMILES string of the molecule is CC(C)N1CCN(CC2CCN(C=O)C(c3ccccc3)C2Oc2ccccc2)CC1. The summed E-state index contributed by atoms with van der Waals surface area (Å²) < 4.78 is 6.63. The van der Waals surface area contributed by atoms with Gasteiger partial charge in [-0.25, -0.2) is 0 Å². The van der Waals surface area contributed by atoms with Gasteiger partial charge in [0.25, 0.3) is 0 Å². The summed E-state index contributed by atoms with van der Waals surface area (Å²) in [6.07, 6.45) is 1.88. The second-order valence-corrected chi connectivity index (χ2v) is 9.07. The fourth-order valence-electron chi connectivity index (χ4n) is 5.02. The first kappa shape index (κ1) is 21.8. The van der Waals surface area contributed by atoms with Crippen LogP contribution in [0.1, 0.15) is 31.9 Å². The number of benzene rings is 2. The topological polar surface area (TPSA) is 36.0 Å². The minimum absolute atomic E-state index is 0.0744. The van der Waals surface area contributed by atoms with Crippen LogP contribution in [0.4, 0.5) is 0 Å². The Morgan fingerprint density at radius 2 is 1.58 bits per heavy atom. The van der Waals surface area contributed by atoms with Crippen LogP contribution in [0.5, 0.6) is 5.75 Å². The quantitative estimate of drug-likeness (QED) is 0.639. The van der Waals surface area contributed by atoms with Gasteiger partial charge >= 0.3 is 0 Å². The van der Waals surface area contributed by atoms with E-state index >= 15 is 0 Å². The molecule has 2 aliphatic heterocycles. The molecular formula is C26H35N3O2. The molecule has 0 radical (unpaired) electrons. The maximum Gasteiger partial charge on any atom is 0.210 e. The summed E-state index contributed by atoms with van der Waals surface area (Å²) in [5.74, 6) is 1.24. The van der Waals surface area contributed by atoms with Crippen molar-refractivity contribution in [2.45, 2.75) is 38.5 Å². The number of rotatable bonds is 7. The number of likely N-dealkylation sites (tertiary alicyclic amines) is 1. The molecule has 0 spiro atoms. The van der Waals surface area contributed by atoms with Gasteiger partial charge in [0, 0.05) is 51.2 Å². The Hall–Kier alpha value is -2.37. The lowest BCUT2D eigenvalue weighted by Crippen LogP contribution is -2.55. The van der Waals surface area contributed by atoms with E-state index in [9.17, 15) is 4.79 Å². The molecule has 0 aromatic heterocycles. The Labute approximate surface area is 186 Å². The highest BCUT2D eigenvalue weighted by Gasteiger charge is 2.41. The number of nitrogens with zero attached hydrogens (tertiary/aromatic N) is 3. The zero-order chi connectivity index (χ0) is 21.6. The van der Waals surface area contributed by atoms with Crippen LogP contribution < -0.4 is 4.74 Å². The normalized spacial score (nSPS) is 25.5. The van der Waals surface area contributed by atoms with Crippen LogP contribution in [0.15, 0.2) is 60.7 Å². The predicted molar refractivity (Wildman–Crippen MR) is 124 cm³/mol. The van der Waals surface area contributed by atoms with Crippen molar-refractivity contribution in [1.29, 1.82) is 0 Å². The molecule has 4 rings (SSSR count). The average molecular weight is 422 g/mol. The van der Waals surface area contributed by atoms with Crippen molar-refractivity contribution >= 4 is 6.41 Å². The molecule has 3 atom stereocenters. The van der Waals surface area contributed by atoms with Gasteiger partial charge in [0.1, 0.15) is 11.9 Å². The molecule has 2 heterocycles. The zero-order valence-corrected chi connectivity index (χ0v) is 18.8. The van der Waals surface area contributed by atoms with E-state index in [-0.39, 0.29) is 12.1 Å². The number of hydrogen-bond donors (Lipinski definition) is 0. The van der Waals surface area contributed by atoms with Gasteiger partial charge in [-0.2, -0.15) is 0 Å². The smallest absolute Gasteiger partial charge is 0.210 e. The largest absolute Gasteiger partial charge is 0.488 e. The van der Waals surface area contributed by atoms with E-state index in [1.807, 2.05) is 53.4 Å². The fraction of sp³-hybridized carbons (Fsp3) is 0.500. The third kappa shape index (κ3) is 5.28. The van der Waals surface area contributed by atoms with E-state index in [4.69, 9.17) is 4.74 Å². The Kier molecular flexibility index (Phi) is 7.25. The van der Waals surface area contributed by atoms with Crippen molar-refractivity contribution in [3.05, 3.63) is 66.2 Å². The summed E-state index contributed by atoms with van der Waals surface area (Å²) in [6.45, 7) is 10.8. The van der Waals surface area contributed by atoms with E-state index in [1.54, 1.807) is 0 Å². The number of hydrogen-bond acceptors (Lipinski definition) is 4. The highest BCUT2D eigenvalue weighted by atomic mass is 16.5. The standard InChI is InChI=1S/C26H35N3O2/c1-21(2)28-17-15-27(16-18-28)19-23-13-14-29(20-30)25(22-9-5-3-6-10-22)26(23)31-24-11-7-4-8-12-24/h3-12,20-21,23,25-26H,13-19H2,1-2H3. The fourth-order valence-corrected chi connectivity index (χ4v) is 5.02. The van der Waals surface area contributed by atoms with E-state index in [0.29, 0.717) is 12.0 Å². The molecule has 5 nitrogen and oxygen atoms in total. The summed E-state index contributed by atoms with van der Waals surface area (Å²) in [7, 11) is 0. The molecule has 2 saturated heterocycles. The van der Waals surface area contributed by atoms with Gasteiger partial charge in [-0.15, -0.1) is 0 Å². The predicted octanol–water partition coefficient (Wildman–Crippen LogP) is 3.68. The molecular weight excluding hydrogens is 386 g/mol. The van der Waals surface area contributed by atoms with Gasteiger partial charge in [0.15, 0.2) is 0 Å². The van der Waals surface area contributed by atoms with Crippen molar-refractivity contribution in [2.75, 3.05) is 39.3 Å². The maximum atomic E-state index is 12.0. The zero-order valence-electron chi connectivity index (χ0n) is 18.8. The number of piperidine rings is 1. The van der Waals surface area contributed by atoms with E-state index in [1.165, 1.54) is 0 Å². The molecule has 2 aromatic rings. The molecule has 0 N–H and O–H groups in total. The van der Waals surface area contributed by atoms with E-state index < -0.39 is 0 Å². The van der Waals surface area contributed by atoms with Crippen molar-refractivity contribution < 1.29 is 9.53 Å². The molecule has 5 heteroatoms. The maximum absolute atomic E-state index is 12.0. The van der Waals surface area contributed by atoms with Crippen molar-refractivity contribution in [3.63, 3.8) is 0 Å². The molecule has 2 aromatic carbocycles.